The van der Waals surface area contributed by atoms with Crippen LogP contribution in [0.25, 0.3) is 0 Å². The molecule has 0 saturated heterocycles. The Morgan fingerprint density at radius 3 is 1.40 bits per heavy atom. The van der Waals surface area contributed by atoms with Crippen LogP contribution in [-0.2, 0) is 33.1 Å². The molecule has 0 spiro atoms. The largest absolute Gasteiger partial charge is 2.00 e. The van der Waals surface area contributed by atoms with E-state index in [1.807, 2.05) is 0 Å². The van der Waals surface area contributed by atoms with E-state index in [-0.39, 0.29) is 59.0 Å². The van der Waals surface area contributed by atoms with Gasteiger partial charge in [-0.2, -0.15) is 8.42 Å². The van der Waals surface area contributed by atoms with Gasteiger partial charge in [-0.05, 0) is 97.5 Å². The maximum absolute atomic E-state index is 11.5. The van der Waals surface area contributed by atoms with Gasteiger partial charge in [-0.25, -0.2) is 8.42 Å². The summed E-state index contributed by atoms with van der Waals surface area (Å²) in [6, 6.07) is 21.0. The van der Waals surface area contributed by atoms with Crippen LogP contribution in [0.4, 0.5) is 0 Å². The van der Waals surface area contributed by atoms with Gasteiger partial charge in [0.15, 0.2) is 0 Å². The zero-order valence-corrected chi connectivity index (χ0v) is 37.3. The standard InChI is InChI=1S/2C22H30O5S.Ca/c2*1-2-3-4-5-6-7-8-9-11-18-16-21(28(24,25)26)14-15-22(18)27-20-13-10-12-19(23)17-20;/h2*10,12-17,23H,2-9,11H2,1H3,(H,24,25,26);/q;;+2/p-2. The van der Waals surface area contributed by atoms with Gasteiger partial charge in [-0.3, -0.25) is 4.55 Å². The quantitative estimate of drug-likeness (QED) is 0.0392. The van der Waals surface area contributed by atoms with Gasteiger partial charge in [0.25, 0.3) is 10.1 Å². The van der Waals surface area contributed by atoms with Gasteiger partial charge in [0.05, 0.1) is 9.79 Å². The first-order chi connectivity index (χ1) is 26.8. The summed E-state index contributed by atoms with van der Waals surface area (Å²) in [5.41, 5.74) is 1.39. The Kier molecular flexibility index (Phi) is 23.8. The maximum atomic E-state index is 11.5. The van der Waals surface area contributed by atoms with Gasteiger partial charge in [0.2, 0.25) is 0 Å². The fourth-order valence-corrected chi connectivity index (χ4v) is 7.31. The predicted molar refractivity (Wildman–Crippen MR) is 223 cm³/mol. The Balaban J connectivity index is 0.000000387. The molecule has 0 fully saturated rings. The van der Waals surface area contributed by atoms with E-state index in [4.69, 9.17) is 9.47 Å². The topological polar surface area (TPSA) is 173 Å². The molecule has 0 heterocycles. The van der Waals surface area contributed by atoms with Crippen LogP contribution in [0.5, 0.6) is 34.5 Å². The van der Waals surface area contributed by atoms with Crippen LogP contribution in [0.2, 0.25) is 0 Å². The second kappa shape index (κ2) is 27.0. The third-order valence-electron chi connectivity index (χ3n) is 9.33. The number of aromatic hydroxyl groups is 1. The van der Waals surface area contributed by atoms with E-state index in [2.05, 4.69) is 13.8 Å². The summed E-state index contributed by atoms with van der Waals surface area (Å²) in [6.45, 7) is 4.40. The maximum Gasteiger partial charge on any atom is 2.00 e. The minimum absolute atomic E-state index is 0. The fourth-order valence-electron chi connectivity index (χ4n) is 6.25. The first-order valence-corrected chi connectivity index (χ1v) is 22.8. The number of unbranched alkanes of at least 4 members (excludes halogenated alkanes) is 14. The molecule has 0 atom stereocenters. The van der Waals surface area contributed by atoms with Crippen LogP contribution in [0.15, 0.2) is 94.7 Å². The van der Waals surface area contributed by atoms with Crippen molar-refractivity contribution in [2.24, 2.45) is 0 Å². The van der Waals surface area contributed by atoms with E-state index in [1.54, 1.807) is 36.4 Å². The molecule has 0 aliphatic rings. The van der Waals surface area contributed by atoms with E-state index in [9.17, 15) is 36.2 Å². The third-order valence-corrected chi connectivity index (χ3v) is 11.0. The molecule has 0 saturated carbocycles. The molecule has 4 aromatic rings. The molecule has 0 aliphatic carbocycles. The molecule has 10 nitrogen and oxygen atoms in total. The number of rotatable bonds is 24. The van der Waals surface area contributed by atoms with Gasteiger partial charge in [-0.15, -0.1) is 5.75 Å². The summed E-state index contributed by atoms with van der Waals surface area (Å²) < 4.78 is 78.0. The summed E-state index contributed by atoms with van der Waals surface area (Å²) in [7, 11) is -8.79. The molecule has 0 aliphatic heterocycles. The number of aryl methyl sites for hydroxylation is 2. The van der Waals surface area contributed by atoms with Crippen molar-refractivity contribution < 1.29 is 45.6 Å². The molecule has 0 aromatic heterocycles. The minimum atomic E-state index is -4.53. The van der Waals surface area contributed by atoms with E-state index < -0.39 is 20.2 Å². The monoisotopic (exact) mass is 850 g/mol. The van der Waals surface area contributed by atoms with Crippen LogP contribution in [-0.4, -0.2) is 68.8 Å². The smallest absolute Gasteiger partial charge is 0.872 e. The predicted octanol–water partition coefficient (Wildman–Crippen LogP) is 10.9. The summed E-state index contributed by atoms with van der Waals surface area (Å²) in [4.78, 5) is -0.391. The Hall–Kier alpha value is -2.84. The van der Waals surface area contributed by atoms with E-state index in [1.165, 1.54) is 113 Å². The molecule has 13 heteroatoms. The van der Waals surface area contributed by atoms with Crippen molar-refractivity contribution in [3.05, 3.63) is 96.1 Å². The van der Waals surface area contributed by atoms with Gasteiger partial charge < -0.3 is 24.2 Å². The molecule has 308 valence electrons. The zero-order valence-electron chi connectivity index (χ0n) is 33.5. The fraction of sp³-hybridized carbons (Fsp3) is 0.455. The van der Waals surface area contributed by atoms with Gasteiger partial charge in [-0.1, -0.05) is 122 Å². The summed E-state index contributed by atoms with van der Waals surface area (Å²) in [5.74, 6) is 1.79. The third kappa shape index (κ3) is 20.1. The van der Waals surface area contributed by atoms with Crippen molar-refractivity contribution in [2.75, 3.05) is 0 Å². The normalized spacial score (nSPS) is 11.3. The van der Waals surface area contributed by atoms with Crippen LogP contribution in [0.1, 0.15) is 128 Å². The summed E-state index contributed by atoms with van der Waals surface area (Å²) in [6.07, 6.45) is 20.0. The Morgan fingerprint density at radius 1 is 0.544 bits per heavy atom. The molecular weight excluding hydrogens is 793 g/mol. The van der Waals surface area contributed by atoms with Gasteiger partial charge in [0, 0.05) is 6.07 Å². The molecule has 2 N–H and O–H groups in total. The molecule has 0 bridgehead atoms. The molecule has 4 aromatic carbocycles. The summed E-state index contributed by atoms with van der Waals surface area (Å²) >= 11 is 0. The van der Waals surface area contributed by atoms with Crippen molar-refractivity contribution in [3.63, 3.8) is 0 Å². The number of hydrogen-bond donors (Lipinski definition) is 2. The average molecular weight is 851 g/mol. The second-order valence-electron chi connectivity index (χ2n) is 14.1. The van der Waals surface area contributed by atoms with E-state index in [0.29, 0.717) is 41.4 Å². The number of phenolic OH excluding ortho intramolecular Hbond substituents is 1. The molecule has 4 rings (SSSR count). The van der Waals surface area contributed by atoms with Crippen molar-refractivity contribution in [1.82, 2.24) is 0 Å². The molecule has 0 radical (unpaired) electrons. The number of ether oxygens (including phenoxy) is 2. The second-order valence-corrected chi connectivity index (χ2v) is 16.9. The Bertz CT molecular complexity index is 1840. The van der Waals surface area contributed by atoms with Gasteiger partial charge in [0.1, 0.15) is 38.9 Å². The van der Waals surface area contributed by atoms with Crippen LogP contribution in [0.3, 0.4) is 0 Å². The number of benzene rings is 4. The van der Waals surface area contributed by atoms with Crippen LogP contribution < -0.4 is 14.6 Å². The van der Waals surface area contributed by atoms with Crippen LogP contribution in [0, 0.1) is 0 Å². The first-order valence-electron chi connectivity index (χ1n) is 19.9. The number of hydrogen-bond acceptors (Lipinski definition) is 9. The number of phenols is 1. The first kappa shape index (κ1) is 50.3. The molecule has 0 unspecified atom stereocenters. The molecular formula is C44H58CaO10S2. The Morgan fingerprint density at radius 2 is 0.965 bits per heavy atom. The minimum Gasteiger partial charge on any atom is -0.872 e. The Labute approximate surface area is 370 Å². The summed E-state index contributed by atoms with van der Waals surface area (Å²) in [5, 5.41) is 21.1. The molecule has 0 amide bonds. The van der Waals surface area contributed by atoms with Crippen molar-refractivity contribution >= 4 is 58.0 Å². The van der Waals surface area contributed by atoms with E-state index >= 15 is 0 Å². The molecule has 57 heavy (non-hydrogen) atoms. The van der Waals surface area contributed by atoms with Crippen molar-refractivity contribution in [1.29, 1.82) is 0 Å². The van der Waals surface area contributed by atoms with Crippen LogP contribution >= 0.6 is 0 Å². The zero-order chi connectivity index (χ0) is 40.8. The van der Waals surface area contributed by atoms with E-state index in [0.717, 1.165) is 44.1 Å². The van der Waals surface area contributed by atoms with Gasteiger partial charge >= 0.3 is 37.7 Å². The van der Waals surface area contributed by atoms with Crippen molar-refractivity contribution in [2.45, 2.75) is 139 Å². The van der Waals surface area contributed by atoms with Crippen molar-refractivity contribution in [3.8, 4) is 34.5 Å². The SMILES string of the molecule is CCCCCCCCCCc1cc(S(=O)(=O)O)ccc1Oc1cccc(O)c1.CCCCCCCCCCc1cc(S(=O)(=O)[O-])ccc1Oc1cccc([O-])c1.[Ca+2]. The average Bonchev–Trinajstić information content (AvgIpc) is 3.14.